The van der Waals surface area contributed by atoms with Gasteiger partial charge in [0.1, 0.15) is 5.60 Å². The van der Waals surface area contributed by atoms with Crippen LogP contribution in [0.5, 0.6) is 0 Å². The summed E-state index contributed by atoms with van der Waals surface area (Å²) in [4.78, 5) is 12.4. The number of epoxide rings is 1. The molecule has 19 heavy (non-hydrogen) atoms. The van der Waals surface area contributed by atoms with Crippen LogP contribution in [0.2, 0.25) is 0 Å². The highest BCUT2D eigenvalue weighted by molar-refractivity contribution is 5.87. The quantitative estimate of drug-likeness (QED) is 0.617. The van der Waals surface area contributed by atoms with E-state index in [0.29, 0.717) is 6.61 Å². The number of benzene rings is 1. The Bertz CT molecular complexity index is 487. The molecule has 1 heterocycles. The minimum Gasteiger partial charge on any atom is -0.463 e. The van der Waals surface area contributed by atoms with Crippen molar-refractivity contribution in [3.63, 3.8) is 0 Å². The van der Waals surface area contributed by atoms with Gasteiger partial charge in [0.15, 0.2) is 0 Å². The molecule has 1 unspecified atom stereocenters. The molecule has 0 amide bonds. The minimum absolute atomic E-state index is 0.210. The third kappa shape index (κ3) is 1.71. The van der Waals surface area contributed by atoms with E-state index in [0.717, 1.165) is 31.2 Å². The van der Waals surface area contributed by atoms with Gasteiger partial charge in [0.2, 0.25) is 5.60 Å². The van der Waals surface area contributed by atoms with Crippen molar-refractivity contribution in [1.29, 1.82) is 0 Å². The number of esters is 1. The zero-order valence-corrected chi connectivity index (χ0v) is 11.6. The van der Waals surface area contributed by atoms with Crippen LogP contribution in [-0.2, 0) is 19.9 Å². The van der Waals surface area contributed by atoms with Crippen molar-refractivity contribution in [3.8, 4) is 0 Å². The van der Waals surface area contributed by atoms with E-state index in [1.165, 1.54) is 5.56 Å². The second-order valence-corrected chi connectivity index (χ2v) is 5.63. The van der Waals surface area contributed by atoms with Gasteiger partial charge in [-0.2, -0.15) is 0 Å². The maximum atomic E-state index is 12.4. The second kappa shape index (κ2) is 4.34. The molecule has 102 valence electrons. The van der Waals surface area contributed by atoms with Crippen LogP contribution in [0.25, 0.3) is 0 Å². The van der Waals surface area contributed by atoms with Crippen LogP contribution < -0.4 is 0 Å². The average molecular weight is 260 g/mol. The van der Waals surface area contributed by atoms with E-state index >= 15 is 0 Å². The van der Waals surface area contributed by atoms with Gasteiger partial charge in [-0.3, -0.25) is 0 Å². The van der Waals surface area contributed by atoms with E-state index in [1.807, 2.05) is 38.1 Å². The molecular formula is C16H20O3. The summed E-state index contributed by atoms with van der Waals surface area (Å²) in [7, 11) is 0. The zero-order chi connectivity index (χ0) is 13.5. The van der Waals surface area contributed by atoms with Gasteiger partial charge in [-0.1, -0.05) is 36.8 Å². The number of ether oxygens (including phenoxy) is 2. The van der Waals surface area contributed by atoms with Gasteiger partial charge in [-0.15, -0.1) is 0 Å². The molecule has 1 atom stereocenters. The Morgan fingerprint density at radius 2 is 2.00 bits per heavy atom. The summed E-state index contributed by atoms with van der Waals surface area (Å²) in [5.41, 5.74) is 1.03. The predicted octanol–water partition coefficient (Wildman–Crippen LogP) is 3.10. The lowest BCUT2D eigenvalue weighted by Crippen LogP contribution is -2.38. The van der Waals surface area contributed by atoms with Gasteiger partial charge in [0.25, 0.3) is 0 Å². The van der Waals surface area contributed by atoms with E-state index in [2.05, 4.69) is 0 Å². The molecule has 0 bridgehead atoms. The monoisotopic (exact) mass is 260 g/mol. The van der Waals surface area contributed by atoms with E-state index in [9.17, 15) is 4.79 Å². The summed E-state index contributed by atoms with van der Waals surface area (Å²) in [6.07, 6.45) is 3.89. The van der Waals surface area contributed by atoms with Crippen molar-refractivity contribution in [1.82, 2.24) is 0 Å². The van der Waals surface area contributed by atoms with Gasteiger partial charge in [-0.25, -0.2) is 4.79 Å². The van der Waals surface area contributed by atoms with Gasteiger partial charge < -0.3 is 9.47 Å². The summed E-state index contributed by atoms with van der Waals surface area (Å²) in [6.45, 7) is 4.50. The van der Waals surface area contributed by atoms with Crippen molar-refractivity contribution >= 4 is 5.97 Å². The Kier molecular flexibility index (Phi) is 2.90. The van der Waals surface area contributed by atoms with Crippen molar-refractivity contribution in [2.75, 3.05) is 6.61 Å². The number of carbonyl (C=O) groups excluding carboxylic acids is 1. The van der Waals surface area contributed by atoms with Crippen LogP contribution in [0.15, 0.2) is 24.3 Å². The first-order valence-corrected chi connectivity index (χ1v) is 7.09. The van der Waals surface area contributed by atoms with E-state index < -0.39 is 5.60 Å². The smallest absolute Gasteiger partial charge is 0.346 e. The predicted molar refractivity (Wildman–Crippen MR) is 71.8 cm³/mol. The summed E-state index contributed by atoms with van der Waals surface area (Å²) < 4.78 is 11.3. The maximum absolute atomic E-state index is 12.4. The SMILES string of the molecule is CCCOC(=O)C1(c2ccc(C)cc2)OC12CCC2. The third-order valence-electron chi connectivity index (χ3n) is 4.29. The molecule has 1 aliphatic carbocycles. The summed E-state index contributed by atoms with van der Waals surface area (Å²) in [5, 5.41) is 0. The Balaban J connectivity index is 1.90. The standard InChI is InChI=1S/C16H20O3/c1-3-11-18-14(17)16(15(19-16)9-4-10-15)13-7-5-12(2)6-8-13/h5-8H,3-4,9-11H2,1-2H3. The fourth-order valence-electron chi connectivity index (χ4n) is 2.97. The van der Waals surface area contributed by atoms with Gasteiger partial charge in [0.05, 0.1) is 6.61 Å². The van der Waals surface area contributed by atoms with E-state index in [4.69, 9.17) is 9.47 Å². The van der Waals surface area contributed by atoms with Crippen LogP contribution in [0.1, 0.15) is 43.7 Å². The maximum Gasteiger partial charge on any atom is 0.346 e. The van der Waals surface area contributed by atoms with Gasteiger partial charge >= 0.3 is 5.97 Å². The number of hydrogen-bond donors (Lipinski definition) is 0. The molecule has 3 rings (SSSR count). The minimum atomic E-state index is -0.825. The molecule has 3 nitrogen and oxygen atoms in total. The Morgan fingerprint density at radius 1 is 1.32 bits per heavy atom. The van der Waals surface area contributed by atoms with Crippen LogP contribution in [0, 0.1) is 6.92 Å². The molecule has 0 aromatic heterocycles. The lowest BCUT2D eigenvalue weighted by atomic mass is 9.73. The number of aryl methyl sites for hydroxylation is 1. The summed E-state index contributed by atoms with van der Waals surface area (Å²) in [6, 6.07) is 8.04. The molecule has 0 N–H and O–H groups in total. The molecule has 1 aromatic rings. The number of carbonyl (C=O) groups is 1. The topological polar surface area (TPSA) is 38.8 Å². The van der Waals surface area contributed by atoms with E-state index in [-0.39, 0.29) is 11.6 Å². The molecule has 2 aliphatic rings. The molecule has 2 fully saturated rings. The van der Waals surface area contributed by atoms with Gasteiger partial charge in [-0.05, 0) is 38.2 Å². The third-order valence-corrected chi connectivity index (χ3v) is 4.29. The molecule has 1 spiro atoms. The van der Waals surface area contributed by atoms with Gasteiger partial charge in [0, 0.05) is 0 Å². The summed E-state index contributed by atoms with van der Waals surface area (Å²) in [5.74, 6) is -0.210. The lowest BCUT2D eigenvalue weighted by molar-refractivity contribution is -0.150. The van der Waals surface area contributed by atoms with Crippen molar-refractivity contribution in [2.24, 2.45) is 0 Å². The van der Waals surface area contributed by atoms with Crippen molar-refractivity contribution < 1.29 is 14.3 Å². The largest absolute Gasteiger partial charge is 0.463 e. The highest BCUT2D eigenvalue weighted by Gasteiger charge is 2.78. The van der Waals surface area contributed by atoms with Crippen LogP contribution >= 0.6 is 0 Å². The Hall–Kier alpha value is -1.35. The molecule has 1 saturated carbocycles. The first-order valence-electron chi connectivity index (χ1n) is 7.09. The van der Waals surface area contributed by atoms with Crippen LogP contribution in [-0.4, -0.2) is 18.2 Å². The fraction of sp³-hybridized carbons (Fsp3) is 0.562. The first-order chi connectivity index (χ1) is 9.14. The van der Waals surface area contributed by atoms with Crippen LogP contribution in [0.3, 0.4) is 0 Å². The Morgan fingerprint density at radius 3 is 2.47 bits per heavy atom. The molecule has 1 aliphatic heterocycles. The molecule has 1 aromatic carbocycles. The highest BCUT2D eigenvalue weighted by Crippen LogP contribution is 2.66. The molecular weight excluding hydrogens is 240 g/mol. The van der Waals surface area contributed by atoms with Crippen molar-refractivity contribution in [2.45, 2.75) is 50.7 Å². The lowest BCUT2D eigenvalue weighted by Gasteiger charge is -2.26. The number of hydrogen-bond acceptors (Lipinski definition) is 3. The van der Waals surface area contributed by atoms with E-state index in [1.54, 1.807) is 0 Å². The molecule has 0 radical (unpaired) electrons. The number of rotatable bonds is 4. The molecule has 3 heteroatoms. The van der Waals surface area contributed by atoms with Crippen LogP contribution in [0.4, 0.5) is 0 Å². The fourth-order valence-corrected chi connectivity index (χ4v) is 2.97. The normalized spacial score (nSPS) is 26.8. The second-order valence-electron chi connectivity index (χ2n) is 5.63. The highest BCUT2D eigenvalue weighted by atomic mass is 16.7. The first kappa shape index (κ1) is 12.7. The Labute approximate surface area is 113 Å². The molecule has 1 saturated heterocycles. The zero-order valence-electron chi connectivity index (χ0n) is 11.6. The van der Waals surface area contributed by atoms with Crippen molar-refractivity contribution in [3.05, 3.63) is 35.4 Å². The average Bonchev–Trinajstić information content (AvgIpc) is 3.08. The summed E-state index contributed by atoms with van der Waals surface area (Å²) >= 11 is 0.